The van der Waals surface area contributed by atoms with Gasteiger partial charge < -0.3 is 0 Å². The van der Waals surface area contributed by atoms with Crippen molar-refractivity contribution in [3.63, 3.8) is 0 Å². The molecule has 1 aromatic heterocycles. The minimum absolute atomic E-state index is 0.258. The minimum atomic E-state index is -0.258. The van der Waals surface area contributed by atoms with E-state index in [4.69, 9.17) is 0 Å². The van der Waals surface area contributed by atoms with Crippen molar-refractivity contribution in [2.75, 3.05) is 0 Å². The molecule has 6 heteroatoms. The van der Waals surface area contributed by atoms with Gasteiger partial charge in [0.2, 0.25) is 0 Å². The second-order valence-electron chi connectivity index (χ2n) is 4.08. The summed E-state index contributed by atoms with van der Waals surface area (Å²) >= 11 is 0. The summed E-state index contributed by atoms with van der Waals surface area (Å²) in [5, 5.41) is 11.3. The number of hydrazone groups is 1. The fourth-order valence-electron chi connectivity index (χ4n) is 1.70. The molecule has 3 aromatic rings. The SMILES string of the molecule is O=C(N/N=C/c1ccc2nonc2c1)c1ccccc1. The Morgan fingerprint density at radius 2 is 1.90 bits per heavy atom. The molecule has 0 radical (unpaired) electrons. The highest BCUT2D eigenvalue weighted by molar-refractivity contribution is 5.95. The molecule has 1 amide bonds. The van der Waals surface area contributed by atoms with E-state index in [2.05, 4.69) is 25.5 Å². The number of benzene rings is 2. The van der Waals surface area contributed by atoms with E-state index in [9.17, 15) is 4.79 Å². The second kappa shape index (κ2) is 5.31. The molecule has 0 spiro atoms. The Kier molecular flexibility index (Phi) is 3.20. The van der Waals surface area contributed by atoms with E-state index in [0.29, 0.717) is 16.6 Å². The summed E-state index contributed by atoms with van der Waals surface area (Å²) in [5.74, 6) is -0.258. The first kappa shape index (κ1) is 12.0. The Morgan fingerprint density at radius 1 is 1.10 bits per heavy atom. The lowest BCUT2D eigenvalue weighted by Gasteiger charge is -1.98. The van der Waals surface area contributed by atoms with Crippen LogP contribution in [-0.2, 0) is 0 Å². The topological polar surface area (TPSA) is 80.4 Å². The van der Waals surface area contributed by atoms with Gasteiger partial charge in [-0.05, 0) is 40.1 Å². The Bertz CT molecular complexity index is 765. The van der Waals surface area contributed by atoms with E-state index < -0.39 is 0 Å². The van der Waals surface area contributed by atoms with Gasteiger partial charge in [0, 0.05) is 5.56 Å². The van der Waals surface area contributed by atoms with E-state index in [1.54, 1.807) is 36.4 Å². The molecule has 0 aliphatic carbocycles. The molecule has 1 N–H and O–H groups in total. The normalized spacial score (nSPS) is 11.0. The predicted octanol–water partition coefficient (Wildman–Crippen LogP) is 1.99. The van der Waals surface area contributed by atoms with Crippen LogP contribution in [0.3, 0.4) is 0 Å². The quantitative estimate of drug-likeness (QED) is 0.580. The van der Waals surface area contributed by atoms with Gasteiger partial charge in [-0.1, -0.05) is 24.3 Å². The van der Waals surface area contributed by atoms with Crippen LogP contribution in [0.1, 0.15) is 15.9 Å². The molecule has 0 aliphatic rings. The van der Waals surface area contributed by atoms with Crippen molar-refractivity contribution in [3.05, 3.63) is 59.7 Å². The summed E-state index contributed by atoms with van der Waals surface area (Å²) in [5.41, 5.74) is 5.13. The van der Waals surface area contributed by atoms with Crippen LogP contribution in [0.15, 0.2) is 58.3 Å². The summed E-state index contributed by atoms with van der Waals surface area (Å²) in [6, 6.07) is 14.2. The first-order valence-corrected chi connectivity index (χ1v) is 5.94. The number of rotatable bonds is 3. The van der Waals surface area contributed by atoms with Gasteiger partial charge in [-0.2, -0.15) is 5.10 Å². The molecule has 0 fully saturated rings. The van der Waals surface area contributed by atoms with Gasteiger partial charge in [-0.25, -0.2) is 10.1 Å². The van der Waals surface area contributed by atoms with Gasteiger partial charge >= 0.3 is 0 Å². The molecule has 0 unspecified atom stereocenters. The number of fused-ring (bicyclic) bond motifs is 1. The van der Waals surface area contributed by atoms with Crippen molar-refractivity contribution in [1.29, 1.82) is 0 Å². The summed E-state index contributed by atoms with van der Waals surface area (Å²) in [7, 11) is 0. The Balaban J connectivity index is 1.69. The zero-order valence-corrected chi connectivity index (χ0v) is 10.4. The van der Waals surface area contributed by atoms with Gasteiger partial charge in [-0.3, -0.25) is 4.79 Å². The number of nitrogens with one attached hydrogen (secondary N) is 1. The van der Waals surface area contributed by atoms with Crippen LogP contribution in [-0.4, -0.2) is 22.4 Å². The van der Waals surface area contributed by atoms with Gasteiger partial charge in [0.05, 0.1) is 6.21 Å². The Labute approximate surface area is 114 Å². The smallest absolute Gasteiger partial charge is 0.267 e. The third kappa shape index (κ3) is 2.54. The van der Waals surface area contributed by atoms with Gasteiger partial charge in [-0.15, -0.1) is 0 Å². The molecular weight excluding hydrogens is 256 g/mol. The lowest BCUT2D eigenvalue weighted by Crippen LogP contribution is -2.17. The largest absolute Gasteiger partial charge is 0.271 e. The molecule has 0 saturated heterocycles. The van der Waals surface area contributed by atoms with Gasteiger partial charge in [0.15, 0.2) is 0 Å². The standard InChI is InChI=1S/C14H10N4O2/c19-14(11-4-2-1-3-5-11)16-15-9-10-6-7-12-13(8-10)18-20-17-12/h1-9H,(H,16,19)/b15-9+. The zero-order valence-electron chi connectivity index (χ0n) is 10.4. The summed E-state index contributed by atoms with van der Waals surface area (Å²) in [6.07, 6.45) is 1.54. The number of carbonyl (C=O) groups excluding carboxylic acids is 1. The maximum Gasteiger partial charge on any atom is 0.271 e. The highest BCUT2D eigenvalue weighted by Gasteiger charge is 2.02. The van der Waals surface area contributed by atoms with Crippen LogP contribution in [0, 0.1) is 0 Å². The lowest BCUT2D eigenvalue weighted by molar-refractivity contribution is 0.0955. The van der Waals surface area contributed by atoms with Gasteiger partial charge in [0.25, 0.3) is 5.91 Å². The van der Waals surface area contributed by atoms with Crippen molar-refractivity contribution < 1.29 is 9.42 Å². The molecule has 0 saturated carbocycles. The number of carbonyl (C=O) groups is 1. The van der Waals surface area contributed by atoms with E-state index in [1.165, 1.54) is 6.21 Å². The third-order valence-corrected chi connectivity index (χ3v) is 2.69. The maximum absolute atomic E-state index is 11.7. The van der Waals surface area contributed by atoms with Crippen LogP contribution in [0.2, 0.25) is 0 Å². The molecule has 1 heterocycles. The average molecular weight is 266 g/mol. The van der Waals surface area contributed by atoms with Crippen molar-refractivity contribution in [2.24, 2.45) is 5.10 Å². The van der Waals surface area contributed by atoms with Crippen LogP contribution in [0.25, 0.3) is 11.0 Å². The number of aromatic nitrogens is 2. The van der Waals surface area contributed by atoms with Crippen LogP contribution >= 0.6 is 0 Å². The van der Waals surface area contributed by atoms with Crippen molar-refractivity contribution in [3.8, 4) is 0 Å². The summed E-state index contributed by atoms with van der Waals surface area (Å²) < 4.78 is 4.61. The number of nitrogens with zero attached hydrogens (tertiary/aromatic N) is 3. The third-order valence-electron chi connectivity index (χ3n) is 2.69. The molecule has 98 valence electrons. The molecule has 6 nitrogen and oxygen atoms in total. The number of amides is 1. The van der Waals surface area contributed by atoms with Crippen LogP contribution < -0.4 is 5.43 Å². The highest BCUT2D eigenvalue weighted by atomic mass is 16.6. The molecule has 0 aliphatic heterocycles. The number of hydrogen-bond donors (Lipinski definition) is 1. The van der Waals surface area contributed by atoms with Crippen LogP contribution in [0.5, 0.6) is 0 Å². The summed E-state index contributed by atoms with van der Waals surface area (Å²) in [4.78, 5) is 11.7. The predicted molar refractivity (Wildman–Crippen MR) is 73.3 cm³/mol. The fourth-order valence-corrected chi connectivity index (χ4v) is 1.70. The molecule has 20 heavy (non-hydrogen) atoms. The molecular formula is C14H10N4O2. The Hall–Kier alpha value is -3.02. The minimum Gasteiger partial charge on any atom is -0.267 e. The Morgan fingerprint density at radius 3 is 2.75 bits per heavy atom. The second-order valence-corrected chi connectivity index (χ2v) is 4.08. The molecule has 3 rings (SSSR count). The van der Waals surface area contributed by atoms with Crippen molar-refractivity contribution in [1.82, 2.24) is 15.7 Å². The van der Waals surface area contributed by atoms with E-state index in [0.717, 1.165) is 5.56 Å². The van der Waals surface area contributed by atoms with Crippen molar-refractivity contribution in [2.45, 2.75) is 0 Å². The first-order valence-electron chi connectivity index (χ1n) is 5.94. The summed E-state index contributed by atoms with van der Waals surface area (Å²) in [6.45, 7) is 0. The highest BCUT2D eigenvalue weighted by Crippen LogP contribution is 2.09. The number of hydrogen-bond acceptors (Lipinski definition) is 5. The molecule has 0 atom stereocenters. The van der Waals surface area contributed by atoms with Gasteiger partial charge in [0.1, 0.15) is 11.0 Å². The molecule has 2 aromatic carbocycles. The van der Waals surface area contributed by atoms with Crippen LogP contribution in [0.4, 0.5) is 0 Å². The van der Waals surface area contributed by atoms with E-state index in [-0.39, 0.29) is 5.91 Å². The first-order chi connectivity index (χ1) is 9.83. The average Bonchev–Trinajstić information content (AvgIpc) is 2.95. The van der Waals surface area contributed by atoms with Crippen molar-refractivity contribution >= 4 is 23.2 Å². The van der Waals surface area contributed by atoms with E-state index in [1.807, 2.05) is 12.1 Å². The molecule has 0 bridgehead atoms. The lowest BCUT2D eigenvalue weighted by atomic mass is 10.2. The fraction of sp³-hybridized carbons (Fsp3) is 0. The monoisotopic (exact) mass is 266 g/mol. The van der Waals surface area contributed by atoms with E-state index >= 15 is 0 Å². The maximum atomic E-state index is 11.7. The zero-order chi connectivity index (χ0) is 13.8.